The van der Waals surface area contributed by atoms with Crippen LogP contribution >= 0.6 is 11.3 Å². The monoisotopic (exact) mass is 292 g/mol. The highest BCUT2D eigenvalue weighted by Gasteiger charge is 2.25. The Labute approximate surface area is 121 Å². The molecule has 1 heterocycles. The minimum atomic E-state index is -0.516. The number of ether oxygens (including phenoxy) is 2. The van der Waals surface area contributed by atoms with Crippen molar-refractivity contribution in [1.82, 2.24) is 0 Å². The summed E-state index contributed by atoms with van der Waals surface area (Å²) in [5.41, 5.74) is 1.40. The van der Waals surface area contributed by atoms with Crippen LogP contribution in [-0.2, 0) is 9.47 Å². The first-order valence-electron chi connectivity index (χ1n) is 6.22. The summed E-state index contributed by atoms with van der Waals surface area (Å²) >= 11 is 1.25. The van der Waals surface area contributed by atoms with Gasteiger partial charge in [-0.25, -0.2) is 9.59 Å². The lowest BCUT2D eigenvalue weighted by Crippen LogP contribution is -2.08. The van der Waals surface area contributed by atoms with E-state index in [2.05, 4.69) is 13.8 Å². The molecule has 0 saturated carbocycles. The van der Waals surface area contributed by atoms with Crippen molar-refractivity contribution in [2.75, 3.05) is 14.2 Å². The highest BCUT2D eigenvalue weighted by atomic mass is 32.1. The molecule has 0 N–H and O–H groups in total. The highest BCUT2D eigenvalue weighted by Crippen LogP contribution is 2.34. The molecule has 0 unspecified atom stereocenters. The number of carbonyl (C=O) groups is 2. The molecule has 0 radical (unpaired) electrons. The van der Waals surface area contributed by atoms with E-state index in [-0.39, 0.29) is 4.88 Å². The Morgan fingerprint density at radius 3 is 2.30 bits per heavy atom. The normalized spacial score (nSPS) is 10.8. The molecule has 106 valence electrons. The van der Waals surface area contributed by atoms with Gasteiger partial charge in [0.2, 0.25) is 0 Å². The summed E-state index contributed by atoms with van der Waals surface area (Å²) in [6.07, 6.45) is 0. The zero-order valence-corrected chi connectivity index (χ0v) is 12.7. The Bertz CT molecular complexity index is 670. The number of benzene rings is 1. The van der Waals surface area contributed by atoms with Crippen molar-refractivity contribution in [2.24, 2.45) is 0 Å². The van der Waals surface area contributed by atoms with Gasteiger partial charge in [-0.05, 0) is 23.6 Å². The molecule has 2 aromatic rings. The summed E-state index contributed by atoms with van der Waals surface area (Å²) in [7, 11) is 2.60. The standard InChI is InChI=1S/C15H16O4S/c1-8(2)9-5-6-11-10(7-9)12(14(16)18-3)13(20-11)15(17)19-4/h5-8H,1-4H3. The van der Waals surface area contributed by atoms with Crippen LogP contribution in [0.2, 0.25) is 0 Å². The molecule has 0 atom stereocenters. The van der Waals surface area contributed by atoms with E-state index in [4.69, 9.17) is 9.47 Å². The van der Waals surface area contributed by atoms with E-state index in [9.17, 15) is 9.59 Å². The molecule has 0 amide bonds. The van der Waals surface area contributed by atoms with Crippen LogP contribution in [0.4, 0.5) is 0 Å². The van der Waals surface area contributed by atoms with E-state index >= 15 is 0 Å². The average Bonchev–Trinajstić information content (AvgIpc) is 2.83. The van der Waals surface area contributed by atoms with E-state index in [0.717, 1.165) is 15.6 Å². The molecule has 0 saturated heterocycles. The summed E-state index contributed by atoms with van der Waals surface area (Å²) in [5.74, 6) is -0.693. The molecule has 1 aromatic heterocycles. The van der Waals surface area contributed by atoms with Gasteiger partial charge in [0.25, 0.3) is 0 Å². The Morgan fingerprint density at radius 1 is 1.10 bits per heavy atom. The van der Waals surface area contributed by atoms with Crippen LogP contribution in [0.25, 0.3) is 10.1 Å². The minimum absolute atomic E-state index is 0.287. The first-order valence-corrected chi connectivity index (χ1v) is 7.04. The van der Waals surface area contributed by atoms with E-state index < -0.39 is 11.9 Å². The van der Waals surface area contributed by atoms with Crippen LogP contribution in [-0.4, -0.2) is 26.2 Å². The van der Waals surface area contributed by atoms with Gasteiger partial charge in [0.1, 0.15) is 4.88 Å². The number of esters is 2. The van der Waals surface area contributed by atoms with Crippen LogP contribution in [0.3, 0.4) is 0 Å². The van der Waals surface area contributed by atoms with Gasteiger partial charge >= 0.3 is 11.9 Å². The lowest BCUT2D eigenvalue weighted by Gasteiger charge is -2.06. The topological polar surface area (TPSA) is 52.6 Å². The molecule has 5 heteroatoms. The van der Waals surface area contributed by atoms with E-state index in [1.807, 2.05) is 18.2 Å². The highest BCUT2D eigenvalue weighted by molar-refractivity contribution is 7.21. The second-order valence-electron chi connectivity index (χ2n) is 4.70. The largest absolute Gasteiger partial charge is 0.465 e. The lowest BCUT2D eigenvalue weighted by molar-refractivity contribution is 0.0561. The van der Waals surface area contributed by atoms with Crippen molar-refractivity contribution in [3.63, 3.8) is 0 Å². The maximum Gasteiger partial charge on any atom is 0.348 e. The lowest BCUT2D eigenvalue weighted by atomic mass is 10.00. The summed E-state index contributed by atoms with van der Waals surface area (Å²) < 4.78 is 10.4. The smallest absolute Gasteiger partial charge is 0.348 e. The maximum absolute atomic E-state index is 12.0. The van der Waals surface area contributed by atoms with Gasteiger partial charge in [-0.1, -0.05) is 19.9 Å². The first kappa shape index (κ1) is 14.5. The van der Waals surface area contributed by atoms with Gasteiger partial charge in [0.05, 0.1) is 19.8 Å². The second-order valence-corrected chi connectivity index (χ2v) is 5.75. The molecule has 0 fully saturated rings. The number of hydrogen-bond donors (Lipinski definition) is 0. The molecule has 0 spiro atoms. The molecule has 4 nitrogen and oxygen atoms in total. The molecule has 0 aliphatic rings. The van der Waals surface area contributed by atoms with Gasteiger partial charge in [0, 0.05) is 10.1 Å². The average molecular weight is 292 g/mol. The summed E-state index contributed by atoms with van der Waals surface area (Å²) in [4.78, 5) is 24.1. The number of hydrogen-bond acceptors (Lipinski definition) is 5. The fourth-order valence-corrected chi connectivity index (χ4v) is 3.10. The van der Waals surface area contributed by atoms with Crippen molar-refractivity contribution in [2.45, 2.75) is 19.8 Å². The Balaban J connectivity index is 2.75. The number of fused-ring (bicyclic) bond motifs is 1. The van der Waals surface area contributed by atoms with Crippen molar-refractivity contribution in [1.29, 1.82) is 0 Å². The summed E-state index contributed by atoms with van der Waals surface area (Å²) in [6.45, 7) is 4.15. The molecule has 2 rings (SSSR count). The van der Waals surface area contributed by atoms with Crippen molar-refractivity contribution >= 4 is 33.4 Å². The molecule has 0 bridgehead atoms. The summed E-state index contributed by atoms with van der Waals surface area (Å²) in [5, 5.41) is 0.744. The molecule has 1 aromatic carbocycles. The Morgan fingerprint density at radius 2 is 1.75 bits per heavy atom. The summed E-state index contributed by atoms with van der Waals surface area (Å²) in [6, 6.07) is 5.87. The van der Waals surface area contributed by atoms with Gasteiger partial charge in [-0.3, -0.25) is 0 Å². The van der Waals surface area contributed by atoms with Crippen LogP contribution < -0.4 is 0 Å². The second kappa shape index (κ2) is 5.63. The molecule has 0 aliphatic carbocycles. The predicted molar refractivity (Wildman–Crippen MR) is 78.6 cm³/mol. The van der Waals surface area contributed by atoms with Crippen LogP contribution in [0, 0.1) is 0 Å². The fraction of sp³-hybridized carbons (Fsp3) is 0.333. The Hall–Kier alpha value is -1.88. The van der Waals surface area contributed by atoms with E-state index in [0.29, 0.717) is 11.5 Å². The SMILES string of the molecule is COC(=O)c1sc2ccc(C(C)C)cc2c1C(=O)OC. The third-order valence-corrected chi connectivity index (χ3v) is 4.29. The molecule has 0 aliphatic heterocycles. The number of thiophene rings is 1. The first-order chi connectivity index (χ1) is 9.49. The molecular formula is C15H16O4S. The molecule has 20 heavy (non-hydrogen) atoms. The quantitative estimate of drug-likeness (QED) is 0.811. The number of rotatable bonds is 3. The van der Waals surface area contributed by atoms with Crippen molar-refractivity contribution in [3.05, 3.63) is 34.2 Å². The van der Waals surface area contributed by atoms with Gasteiger partial charge < -0.3 is 9.47 Å². The minimum Gasteiger partial charge on any atom is -0.465 e. The maximum atomic E-state index is 12.0. The molecular weight excluding hydrogens is 276 g/mol. The third-order valence-electron chi connectivity index (χ3n) is 3.14. The van der Waals surface area contributed by atoms with Crippen LogP contribution in [0.1, 0.15) is 45.4 Å². The van der Waals surface area contributed by atoms with E-state index in [1.54, 1.807) is 0 Å². The van der Waals surface area contributed by atoms with Gasteiger partial charge in [0.15, 0.2) is 0 Å². The Kier molecular flexibility index (Phi) is 4.09. The third kappa shape index (κ3) is 2.41. The number of carbonyl (C=O) groups excluding carboxylic acids is 2. The zero-order valence-electron chi connectivity index (χ0n) is 11.9. The van der Waals surface area contributed by atoms with E-state index in [1.165, 1.54) is 25.6 Å². The predicted octanol–water partition coefficient (Wildman–Crippen LogP) is 3.60. The van der Waals surface area contributed by atoms with Crippen molar-refractivity contribution in [3.8, 4) is 0 Å². The van der Waals surface area contributed by atoms with Gasteiger partial charge in [-0.15, -0.1) is 11.3 Å². The zero-order chi connectivity index (χ0) is 14.9. The van der Waals surface area contributed by atoms with Crippen LogP contribution in [0.5, 0.6) is 0 Å². The fourth-order valence-electron chi connectivity index (χ4n) is 2.02. The van der Waals surface area contributed by atoms with Gasteiger partial charge in [-0.2, -0.15) is 0 Å². The van der Waals surface area contributed by atoms with Crippen molar-refractivity contribution < 1.29 is 19.1 Å². The number of methoxy groups -OCH3 is 2. The van der Waals surface area contributed by atoms with Crippen LogP contribution in [0.15, 0.2) is 18.2 Å².